The molecule has 1 saturated heterocycles. The summed E-state index contributed by atoms with van der Waals surface area (Å²) in [6.07, 6.45) is 7.10. The summed E-state index contributed by atoms with van der Waals surface area (Å²) in [5.41, 5.74) is 1.12. The molecule has 0 saturated carbocycles. The van der Waals surface area contributed by atoms with Crippen LogP contribution in [-0.2, 0) is 6.61 Å². The molecule has 4 heteroatoms. The molecule has 0 amide bonds. The monoisotopic (exact) mass is 235 g/mol. The molecule has 0 unspecified atom stereocenters. The van der Waals surface area contributed by atoms with E-state index in [1.165, 1.54) is 19.3 Å². The Kier molecular flexibility index (Phi) is 3.62. The SMILES string of the molecule is CCC1(C)CCN(c2cnc(CO)cn2)CC1. The number of anilines is 1. The zero-order valence-corrected chi connectivity index (χ0v) is 10.7. The summed E-state index contributed by atoms with van der Waals surface area (Å²) in [6.45, 7) is 6.70. The lowest BCUT2D eigenvalue weighted by atomic mass is 9.78. The van der Waals surface area contributed by atoms with Crippen molar-refractivity contribution in [3.8, 4) is 0 Å². The van der Waals surface area contributed by atoms with Gasteiger partial charge in [0.15, 0.2) is 0 Å². The van der Waals surface area contributed by atoms with Crippen LogP contribution in [0.5, 0.6) is 0 Å². The van der Waals surface area contributed by atoms with Crippen LogP contribution < -0.4 is 4.90 Å². The van der Waals surface area contributed by atoms with E-state index in [0.717, 1.165) is 18.9 Å². The maximum Gasteiger partial charge on any atom is 0.147 e. The van der Waals surface area contributed by atoms with Gasteiger partial charge in [-0.05, 0) is 18.3 Å². The van der Waals surface area contributed by atoms with Gasteiger partial charge >= 0.3 is 0 Å². The van der Waals surface area contributed by atoms with Gasteiger partial charge in [-0.25, -0.2) is 4.98 Å². The van der Waals surface area contributed by atoms with Crippen molar-refractivity contribution in [2.75, 3.05) is 18.0 Å². The smallest absolute Gasteiger partial charge is 0.147 e. The second kappa shape index (κ2) is 5.00. The van der Waals surface area contributed by atoms with E-state index in [-0.39, 0.29) is 6.61 Å². The molecule has 1 fully saturated rings. The molecule has 0 aromatic carbocycles. The van der Waals surface area contributed by atoms with Gasteiger partial charge < -0.3 is 10.0 Å². The van der Waals surface area contributed by atoms with Gasteiger partial charge in [-0.2, -0.15) is 0 Å². The normalized spacial score (nSPS) is 19.4. The van der Waals surface area contributed by atoms with Crippen LogP contribution in [-0.4, -0.2) is 28.2 Å². The first kappa shape index (κ1) is 12.3. The van der Waals surface area contributed by atoms with Crippen molar-refractivity contribution in [1.29, 1.82) is 0 Å². The standard InChI is InChI=1S/C13H21N3O/c1-3-13(2)4-6-16(7-5-13)12-9-14-11(10-17)8-15-12/h8-9,17H,3-7,10H2,1-2H3. The minimum absolute atomic E-state index is 0.0405. The number of aliphatic hydroxyl groups excluding tert-OH is 1. The van der Waals surface area contributed by atoms with E-state index < -0.39 is 0 Å². The highest BCUT2D eigenvalue weighted by Crippen LogP contribution is 2.34. The summed E-state index contributed by atoms with van der Waals surface area (Å²) in [4.78, 5) is 10.8. The molecule has 4 nitrogen and oxygen atoms in total. The lowest BCUT2D eigenvalue weighted by Crippen LogP contribution is -2.38. The summed E-state index contributed by atoms with van der Waals surface area (Å²) in [5.74, 6) is 0.931. The number of hydrogen-bond acceptors (Lipinski definition) is 4. The summed E-state index contributed by atoms with van der Waals surface area (Å²) in [7, 11) is 0. The van der Waals surface area contributed by atoms with Crippen LogP contribution in [0.2, 0.25) is 0 Å². The highest BCUT2D eigenvalue weighted by molar-refractivity contribution is 5.36. The lowest BCUT2D eigenvalue weighted by Gasteiger charge is -2.39. The summed E-state index contributed by atoms with van der Waals surface area (Å²) < 4.78 is 0. The first-order valence-electron chi connectivity index (χ1n) is 6.33. The van der Waals surface area contributed by atoms with Gasteiger partial charge in [0, 0.05) is 13.1 Å². The Balaban J connectivity index is 2.00. The molecule has 0 spiro atoms. The van der Waals surface area contributed by atoms with Crippen LogP contribution >= 0.6 is 0 Å². The molecule has 2 heterocycles. The van der Waals surface area contributed by atoms with E-state index in [1.807, 2.05) is 0 Å². The number of piperidine rings is 1. The van der Waals surface area contributed by atoms with E-state index in [1.54, 1.807) is 12.4 Å². The molecule has 2 rings (SSSR count). The maximum absolute atomic E-state index is 8.92. The van der Waals surface area contributed by atoms with Crippen LogP contribution in [0.15, 0.2) is 12.4 Å². The maximum atomic E-state index is 8.92. The van der Waals surface area contributed by atoms with Crippen molar-refractivity contribution < 1.29 is 5.11 Å². The number of rotatable bonds is 3. The fourth-order valence-electron chi connectivity index (χ4n) is 2.22. The second-order valence-corrected chi connectivity index (χ2v) is 5.18. The van der Waals surface area contributed by atoms with Gasteiger partial charge in [-0.15, -0.1) is 0 Å². The molecular formula is C13H21N3O. The summed E-state index contributed by atoms with van der Waals surface area (Å²) in [6, 6.07) is 0. The minimum Gasteiger partial charge on any atom is -0.390 e. The van der Waals surface area contributed by atoms with E-state index in [0.29, 0.717) is 11.1 Å². The molecule has 1 aromatic heterocycles. The Hall–Kier alpha value is -1.16. The quantitative estimate of drug-likeness (QED) is 0.870. The van der Waals surface area contributed by atoms with E-state index in [4.69, 9.17) is 5.11 Å². The Morgan fingerprint density at radius 1 is 1.29 bits per heavy atom. The molecule has 0 aliphatic carbocycles. The molecular weight excluding hydrogens is 214 g/mol. The Morgan fingerprint density at radius 3 is 2.47 bits per heavy atom. The van der Waals surface area contributed by atoms with Crippen LogP contribution in [0.3, 0.4) is 0 Å². The van der Waals surface area contributed by atoms with Gasteiger partial charge in [-0.1, -0.05) is 20.3 Å². The summed E-state index contributed by atoms with van der Waals surface area (Å²) >= 11 is 0. The number of nitrogens with zero attached hydrogens (tertiary/aromatic N) is 3. The average Bonchev–Trinajstić information content (AvgIpc) is 2.40. The predicted molar refractivity (Wildman–Crippen MR) is 67.8 cm³/mol. The van der Waals surface area contributed by atoms with Gasteiger partial charge in [0.25, 0.3) is 0 Å². The predicted octanol–water partition coefficient (Wildman–Crippen LogP) is 1.99. The van der Waals surface area contributed by atoms with Crippen LogP contribution in [0.1, 0.15) is 38.8 Å². The highest BCUT2D eigenvalue weighted by Gasteiger charge is 2.28. The van der Waals surface area contributed by atoms with Crippen LogP contribution in [0.25, 0.3) is 0 Å². The molecule has 0 atom stereocenters. The fraction of sp³-hybridized carbons (Fsp3) is 0.692. The second-order valence-electron chi connectivity index (χ2n) is 5.18. The molecule has 17 heavy (non-hydrogen) atoms. The topological polar surface area (TPSA) is 49.2 Å². The molecule has 94 valence electrons. The van der Waals surface area contributed by atoms with Crippen molar-refractivity contribution in [1.82, 2.24) is 9.97 Å². The minimum atomic E-state index is -0.0405. The van der Waals surface area contributed by atoms with Gasteiger partial charge in [-0.3, -0.25) is 4.98 Å². The van der Waals surface area contributed by atoms with Crippen molar-refractivity contribution in [2.45, 2.75) is 39.7 Å². The Bertz CT molecular complexity index is 355. The van der Waals surface area contributed by atoms with Crippen molar-refractivity contribution in [3.63, 3.8) is 0 Å². The van der Waals surface area contributed by atoms with Gasteiger partial charge in [0.2, 0.25) is 0 Å². The third kappa shape index (κ3) is 2.75. The number of aromatic nitrogens is 2. The molecule has 0 bridgehead atoms. The first-order chi connectivity index (χ1) is 8.17. The average molecular weight is 235 g/mol. The van der Waals surface area contributed by atoms with Crippen molar-refractivity contribution in [2.24, 2.45) is 5.41 Å². The van der Waals surface area contributed by atoms with E-state index in [2.05, 4.69) is 28.7 Å². The number of aliphatic hydroxyl groups is 1. The highest BCUT2D eigenvalue weighted by atomic mass is 16.3. The van der Waals surface area contributed by atoms with Gasteiger partial charge in [0.05, 0.1) is 24.7 Å². The molecule has 1 aromatic rings. The zero-order valence-electron chi connectivity index (χ0n) is 10.7. The fourth-order valence-corrected chi connectivity index (χ4v) is 2.22. The van der Waals surface area contributed by atoms with Gasteiger partial charge in [0.1, 0.15) is 5.82 Å². The number of hydrogen-bond donors (Lipinski definition) is 1. The summed E-state index contributed by atoms with van der Waals surface area (Å²) in [5, 5.41) is 8.92. The molecule has 0 radical (unpaired) electrons. The third-order valence-electron chi connectivity index (χ3n) is 4.00. The lowest BCUT2D eigenvalue weighted by molar-refractivity contribution is 0.237. The first-order valence-corrected chi connectivity index (χ1v) is 6.33. The molecule has 1 aliphatic heterocycles. The van der Waals surface area contributed by atoms with Crippen molar-refractivity contribution >= 4 is 5.82 Å². The van der Waals surface area contributed by atoms with E-state index in [9.17, 15) is 0 Å². The van der Waals surface area contributed by atoms with Crippen LogP contribution in [0.4, 0.5) is 5.82 Å². The van der Waals surface area contributed by atoms with Crippen molar-refractivity contribution in [3.05, 3.63) is 18.1 Å². The molecule has 1 N–H and O–H groups in total. The molecule has 1 aliphatic rings. The van der Waals surface area contributed by atoms with Crippen LogP contribution in [0, 0.1) is 5.41 Å². The zero-order chi connectivity index (χ0) is 12.3. The van der Waals surface area contributed by atoms with E-state index >= 15 is 0 Å². The largest absolute Gasteiger partial charge is 0.390 e. The Morgan fingerprint density at radius 2 is 2.00 bits per heavy atom. The Labute approximate surface area is 103 Å². The third-order valence-corrected chi connectivity index (χ3v) is 4.00.